The Kier molecular flexibility index (Phi) is 6.31. The first-order chi connectivity index (χ1) is 15.6. The molecule has 178 valence electrons. The second-order valence-electron chi connectivity index (χ2n) is 8.71. The van der Waals surface area contributed by atoms with Gasteiger partial charge in [-0.25, -0.2) is 14.8 Å². The number of aromatic nitrogens is 3. The highest BCUT2D eigenvalue weighted by molar-refractivity contribution is 5.68. The van der Waals surface area contributed by atoms with E-state index in [2.05, 4.69) is 19.9 Å². The first kappa shape index (κ1) is 23.1. The fourth-order valence-electron chi connectivity index (χ4n) is 3.99. The van der Waals surface area contributed by atoms with Gasteiger partial charge < -0.3 is 19.5 Å². The van der Waals surface area contributed by atoms with Gasteiger partial charge in [-0.2, -0.15) is 13.2 Å². The molecule has 0 aromatic carbocycles. The van der Waals surface area contributed by atoms with Crippen LogP contribution >= 0.6 is 0 Å². The lowest BCUT2D eigenvalue weighted by Gasteiger charge is -2.43. The van der Waals surface area contributed by atoms with Gasteiger partial charge in [0, 0.05) is 50.2 Å². The molecule has 0 radical (unpaired) electrons. The summed E-state index contributed by atoms with van der Waals surface area (Å²) < 4.78 is 44.0. The highest BCUT2D eigenvalue weighted by Crippen LogP contribution is 2.39. The summed E-state index contributed by atoms with van der Waals surface area (Å²) in [5.74, 6) is 1.21. The Morgan fingerprint density at radius 2 is 1.88 bits per heavy atom. The minimum atomic E-state index is -4.74. The zero-order valence-electron chi connectivity index (χ0n) is 18.4. The molecule has 2 aromatic rings. The number of carbonyl (C=O) groups excluding carboxylic acids is 1. The standard InChI is InChI=1S/C22H26F3N5O3/c1-13-12-30(14(2)11-29(13)20-27-9-17(10-28-20)16-3-4-16)21(32)33-6-5-15-7-18(22(23,24)25)19(31)26-8-15/h7-10,13-14,16H,3-6,11-12H2,1-2H3,(H,26,31)/t13-,14+/m0/s1. The predicted molar refractivity (Wildman–Crippen MR) is 114 cm³/mol. The van der Waals surface area contributed by atoms with Crippen molar-refractivity contribution in [2.24, 2.45) is 0 Å². The van der Waals surface area contributed by atoms with E-state index in [0.717, 1.165) is 11.6 Å². The Labute approximate surface area is 188 Å². The summed E-state index contributed by atoms with van der Waals surface area (Å²) in [6.45, 7) is 4.72. The van der Waals surface area contributed by atoms with E-state index in [-0.39, 0.29) is 30.7 Å². The normalized spacial score (nSPS) is 21.2. The van der Waals surface area contributed by atoms with Crippen LogP contribution in [-0.4, -0.2) is 57.7 Å². The first-order valence-electron chi connectivity index (χ1n) is 10.9. The van der Waals surface area contributed by atoms with Crippen molar-refractivity contribution in [1.82, 2.24) is 19.9 Å². The summed E-state index contributed by atoms with van der Waals surface area (Å²) >= 11 is 0. The number of rotatable bonds is 5. The van der Waals surface area contributed by atoms with Crippen LogP contribution in [0, 0.1) is 0 Å². The summed E-state index contributed by atoms with van der Waals surface area (Å²) in [4.78, 5) is 38.7. The molecular weight excluding hydrogens is 439 g/mol. The minimum absolute atomic E-state index is 0.0333. The lowest BCUT2D eigenvalue weighted by molar-refractivity contribution is -0.138. The molecule has 3 heterocycles. The van der Waals surface area contributed by atoms with Crippen molar-refractivity contribution in [1.29, 1.82) is 0 Å². The third kappa shape index (κ3) is 5.28. The molecule has 0 unspecified atom stereocenters. The van der Waals surface area contributed by atoms with Crippen LogP contribution in [0.1, 0.15) is 49.3 Å². The Morgan fingerprint density at radius 3 is 2.52 bits per heavy atom. The summed E-state index contributed by atoms with van der Waals surface area (Å²) in [5.41, 5.74) is -1.08. The number of alkyl halides is 3. The largest absolute Gasteiger partial charge is 0.449 e. The van der Waals surface area contributed by atoms with Gasteiger partial charge in [-0.3, -0.25) is 4.79 Å². The summed E-state index contributed by atoms with van der Waals surface area (Å²) in [5, 5.41) is 0. The quantitative estimate of drug-likeness (QED) is 0.728. The summed E-state index contributed by atoms with van der Waals surface area (Å²) in [6.07, 6.45) is 2.09. The highest BCUT2D eigenvalue weighted by Gasteiger charge is 2.35. The van der Waals surface area contributed by atoms with Crippen molar-refractivity contribution in [2.45, 2.75) is 57.3 Å². The van der Waals surface area contributed by atoms with Gasteiger partial charge >= 0.3 is 12.3 Å². The number of carbonyl (C=O) groups is 1. The van der Waals surface area contributed by atoms with Gasteiger partial charge in [0.1, 0.15) is 5.56 Å². The molecule has 1 aliphatic heterocycles. The molecule has 1 amide bonds. The molecule has 1 N–H and O–H groups in total. The van der Waals surface area contributed by atoms with Crippen molar-refractivity contribution in [3.05, 3.63) is 51.7 Å². The second kappa shape index (κ2) is 9.03. The maximum atomic E-state index is 12.9. The number of ether oxygens (including phenoxy) is 1. The minimum Gasteiger partial charge on any atom is -0.449 e. The smallest absolute Gasteiger partial charge is 0.421 e. The maximum Gasteiger partial charge on any atom is 0.421 e. The van der Waals surface area contributed by atoms with Gasteiger partial charge in [-0.15, -0.1) is 0 Å². The molecule has 33 heavy (non-hydrogen) atoms. The van der Waals surface area contributed by atoms with Crippen LogP contribution in [0.5, 0.6) is 0 Å². The topological polar surface area (TPSA) is 91.4 Å². The molecule has 1 saturated heterocycles. The van der Waals surface area contributed by atoms with Gasteiger partial charge in [0.25, 0.3) is 5.56 Å². The maximum absolute atomic E-state index is 12.9. The Hall–Kier alpha value is -3.11. The van der Waals surface area contributed by atoms with Crippen molar-refractivity contribution < 1.29 is 22.7 Å². The van der Waals surface area contributed by atoms with E-state index in [1.54, 1.807) is 4.90 Å². The van der Waals surface area contributed by atoms with Gasteiger partial charge in [0.2, 0.25) is 5.95 Å². The molecule has 0 bridgehead atoms. The average Bonchev–Trinajstić information content (AvgIpc) is 3.61. The van der Waals surface area contributed by atoms with Gasteiger partial charge in [-0.05, 0) is 49.8 Å². The van der Waals surface area contributed by atoms with E-state index in [9.17, 15) is 22.8 Å². The van der Waals surface area contributed by atoms with E-state index in [1.165, 1.54) is 19.0 Å². The molecular formula is C22H26F3N5O3. The van der Waals surface area contributed by atoms with E-state index in [4.69, 9.17) is 4.74 Å². The van der Waals surface area contributed by atoms with E-state index in [0.29, 0.717) is 25.0 Å². The van der Waals surface area contributed by atoms with Crippen LogP contribution < -0.4 is 10.5 Å². The van der Waals surface area contributed by atoms with E-state index >= 15 is 0 Å². The molecule has 2 atom stereocenters. The monoisotopic (exact) mass is 465 g/mol. The Morgan fingerprint density at radius 1 is 1.18 bits per heavy atom. The fourth-order valence-corrected chi connectivity index (χ4v) is 3.99. The predicted octanol–water partition coefficient (Wildman–Crippen LogP) is 3.34. The van der Waals surface area contributed by atoms with Crippen molar-refractivity contribution in [3.8, 4) is 0 Å². The Balaban J connectivity index is 1.31. The number of piperazine rings is 1. The number of nitrogens with one attached hydrogen (secondary N) is 1. The van der Waals surface area contributed by atoms with Crippen LogP contribution in [0.4, 0.5) is 23.9 Å². The number of aromatic amines is 1. The number of halogens is 3. The lowest BCUT2D eigenvalue weighted by atomic mass is 10.1. The van der Waals surface area contributed by atoms with Crippen molar-refractivity contribution in [3.63, 3.8) is 0 Å². The molecule has 8 nitrogen and oxygen atoms in total. The number of amides is 1. The van der Waals surface area contributed by atoms with Gasteiger partial charge in [-0.1, -0.05) is 0 Å². The number of hydrogen-bond acceptors (Lipinski definition) is 6. The first-order valence-corrected chi connectivity index (χ1v) is 10.9. The zero-order chi connectivity index (χ0) is 23.8. The zero-order valence-corrected chi connectivity index (χ0v) is 18.4. The molecule has 2 aromatic heterocycles. The number of anilines is 1. The molecule has 0 spiro atoms. The number of hydrogen-bond donors (Lipinski definition) is 1. The molecule has 11 heteroatoms. The van der Waals surface area contributed by atoms with Gasteiger partial charge in [0.05, 0.1) is 6.61 Å². The van der Waals surface area contributed by atoms with Crippen LogP contribution in [0.2, 0.25) is 0 Å². The third-order valence-electron chi connectivity index (χ3n) is 6.07. The molecule has 1 saturated carbocycles. The van der Waals surface area contributed by atoms with E-state index < -0.39 is 23.4 Å². The van der Waals surface area contributed by atoms with E-state index in [1.807, 2.05) is 26.2 Å². The van der Waals surface area contributed by atoms with Crippen LogP contribution in [-0.2, 0) is 17.3 Å². The summed E-state index contributed by atoms with van der Waals surface area (Å²) in [7, 11) is 0. The van der Waals surface area contributed by atoms with Crippen LogP contribution in [0.25, 0.3) is 0 Å². The fraction of sp³-hybridized carbons (Fsp3) is 0.545. The number of pyridine rings is 1. The van der Waals surface area contributed by atoms with Gasteiger partial charge in [0.15, 0.2) is 0 Å². The van der Waals surface area contributed by atoms with Crippen molar-refractivity contribution in [2.75, 3.05) is 24.6 Å². The average molecular weight is 465 g/mol. The SMILES string of the molecule is C[C@@H]1CN(c2ncc(C3CC3)cn2)[C@@H](C)CN1C(=O)OCCc1c[nH]c(=O)c(C(F)(F)F)c1. The molecule has 2 fully saturated rings. The highest BCUT2D eigenvalue weighted by atomic mass is 19.4. The van der Waals surface area contributed by atoms with Crippen molar-refractivity contribution >= 4 is 12.0 Å². The molecule has 4 rings (SSSR count). The van der Waals surface area contributed by atoms with Crippen LogP contribution in [0.3, 0.4) is 0 Å². The number of nitrogens with zero attached hydrogens (tertiary/aromatic N) is 4. The number of H-pyrrole nitrogens is 1. The third-order valence-corrected chi connectivity index (χ3v) is 6.07. The molecule has 2 aliphatic rings. The second-order valence-corrected chi connectivity index (χ2v) is 8.71. The van der Waals surface area contributed by atoms with Crippen LogP contribution in [0.15, 0.2) is 29.5 Å². The molecule has 1 aliphatic carbocycles. The summed E-state index contributed by atoms with van der Waals surface area (Å²) in [6, 6.07) is 0.587. The Bertz CT molecular complexity index is 1050. The lowest BCUT2D eigenvalue weighted by Crippen LogP contribution is -2.58.